The zero-order chi connectivity index (χ0) is 14.8. The van der Waals surface area contributed by atoms with Gasteiger partial charge < -0.3 is 5.32 Å². The number of aryl methyl sites for hydroxylation is 3. The maximum atomic E-state index is 3.80. The van der Waals surface area contributed by atoms with Gasteiger partial charge in [-0.3, -0.25) is 0 Å². The second-order valence-electron chi connectivity index (χ2n) is 7.57. The van der Waals surface area contributed by atoms with E-state index in [1.54, 1.807) is 5.56 Å². The van der Waals surface area contributed by atoms with Gasteiger partial charge in [0.25, 0.3) is 0 Å². The lowest BCUT2D eigenvalue weighted by atomic mass is 9.83. The Morgan fingerprint density at radius 2 is 1.62 bits per heavy atom. The predicted molar refractivity (Wildman–Crippen MR) is 90.8 cm³/mol. The number of nitrogens with one attached hydrogen (secondary N) is 1. The van der Waals surface area contributed by atoms with Gasteiger partial charge in [-0.15, -0.1) is 0 Å². The minimum absolute atomic E-state index is 0.841. The topological polar surface area (TPSA) is 12.0 Å². The Kier molecular flexibility index (Phi) is 4.69. The average molecular weight is 285 g/mol. The highest BCUT2D eigenvalue weighted by atomic mass is 14.9. The molecule has 0 spiro atoms. The lowest BCUT2D eigenvalue weighted by Gasteiger charge is -2.26. The maximum Gasteiger partial charge on any atom is 0.00683 e. The summed E-state index contributed by atoms with van der Waals surface area (Å²) in [6.07, 6.45) is 9.91. The molecular formula is C20H31N. The van der Waals surface area contributed by atoms with Crippen LogP contribution in [0.3, 0.4) is 0 Å². The predicted octanol–water partition coefficient (Wildman–Crippen LogP) is 4.71. The minimum Gasteiger partial charge on any atom is -0.314 e. The van der Waals surface area contributed by atoms with Crippen LogP contribution >= 0.6 is 0 Å². The van der Waals surface area contributed by atoms with Crippen molar-refractivity contribution in [1.29, 1.82) is 0 Å². The number of benzene rings is 1. The summed E-state index contributed by atoms with van der Waals surface area (Å²) in [6, 6.07) is 5.57. The van der Waals surface area contributed by atoms with Gasteiger partial charge in [0.05, 0.1) is 0 Å². The third-order valence-electron chi connectivity index (χ3n) is 5.62. The molecule has 0 aromatic heterocycles. The van der Waals surface area contributed by atoms with Crippen molar-refractivity contribution < 1.29 is 0 Å². The van der Waals surface area contributed by atoms with Crippen molar-refractivity contribution in [2.45, 2.75) is 71.8 Å². The molecule has 0 aliphatic heterocycles. The Morgan fingerprint density at radius 3 is 2.19 bits per heavy atom. The van der Waals surface area contributed by atoms with Crippen LogP contribution in [0.2, 0.25) is 0 Å². The summed E-state index contributed by atoms with van der Waals surface area (Å²) in [5.74, 6) is 1.80. The van der Waals surface area contributed by atoms with E-state index in [0.717, 1.165) is 17.9 Å². The normalized spacial score (nSPS) is 20.9. The number of rotatable bonds is 6. The van der Waals surface area contributed by atoms with Crippen LogP contribution in [0, 0.1) is 32.6 Å². The first-order chi connectivity index (χ1) is 10.1. The quantitative estimate of drug-likeness (QED) is 0.798. The molecule has 1 aromatic rings. The van der Waals surface area contributed by atoms with Gasteiger partial charge >= 0.3 is 0 Å². The van der Waals surface area contributed by atoms with Gasteiger partial charge in [-0.25, -0.2) is 0 Å². The lowest BCUT2D eigenvalue weighted by molar-refractivity contribution is 0.319. The van der Waals surface area contributed by atoms with Crippen molar-refractivity contribution in [3.8, 4) is 0 Å². The summed E-state index contributed by atoms with van der Waals surface area (Å²) in [5.41, 5.74) is 6.03. The lowest BCUT2D eigenvalue weighted by Crippen LogP contribution is -2.30. The van der Waals surface area contributed by atoms with Crippen LogP contribution in [0.1, 0.15) is 60.8 Å². The fourth-order valence-corrected chi connectivity index (χ4v) is 4.23. The van der Waals surface area contributed by atoms with Crippen molar-refractivity contribution in [3.63, 3.8) is 0 Å². The summed E-state index contributed by atoms with van der Waals surface area (Å²) >= 11 is 0. The molecule has 1 unspecified atom stereocenters. The number of hydrogen-bond donors (Lipinski definition) is 1. The molecule has 2 fully saturated rings. The van der Waals surface area contributed by atoms with Gasteiger partial charge in [-0.2, -0.15) is 0 Å². The van der Waals surface area contributed by atoms with E-state index in [1.807, 2.05) is 0 Å². The SMILES string of the molecule is Cc1cc(C)c(CC(CNC2CC2)C2CCCC2)c(C)c1. The van der Waals surface area contributed by atoms with E-state index in [4.69, 9.17) is 0 Å². The molecule has 0 heterocycles. The summed E-state index contributed by atoms with van der Waals surface area (Å²) < 4.78 is 0. The summed E-state index contributed by atoms with van der Waals surface area (Å²) in [6.45, 7) is 8.06. The van der Waals surface area contributed by atoms with Crippen LogP contribution in [0.5, 0.6) is 0 Å². The molecule has 0 saturated heterocycles. The van der Waals surface area contributed by atoms with Gasteiger partial charge in [0.15, 0.2) is 0 Å². The molecule has 1 N–H and O–H groups in total. The Balaban J connectivity index is 1.72. The van der Waals surface area contributed by atoms with Crippen molar-refractivity contribution >= 4 is 0 Å². The first-order valence-electron chi connectivity index (χ1n) is 8.93. The molecule has 116 valence electrons. The average Bonchev–Trinajstić information content (AvgIpc) is 3.09. The van der Waals surface area contributed by atoms with Crippen LogP contribution < -0.4 is 5.32 Å². The van der Waals surface area contributed by atoms with E-state index >= 15 is 0 Å². The van der Waals surface area contributed by atoms with Crippen molar-refractivity contribution in [2.75, 3.05) is 6.54 Å². The van der Waals surface area contributed by atoms with Gasteiger partial charge in [0.2, 0.25) is 0 Å². The Hall–Kier alpha value is -0.820. The third-order valence-corrected chi connectivity index (χ3v) is 5.62. The summed E-state index contributed by atoms with van der Waals surface area (Å²) in [4.78, 5) is 0. The van der Waals surface area contributed by atoms with Crippen molar-refractivity contribution in [1.82, 2.24) is 5.32 Å². The minimum atomic E-state index is 0.841. The molecule has 21 heavy (non-hydrogen) atoms. The van der Waals surface area contributed by atoms with E-state index in [2.05, 4.69) is 38.2 Å². The summed E-state index contributed by atoms with van der Waals surface area (Å²) in [5, 5.41) is 3.80. The van der Waals surface area contributed by atoms with Crippen LogP contribution in [-0.4, -0.2) is 12.6 Å². The van der Waals surface area contributed by atoms with E-state index in [9.17, 15) is 0 Å². The Bertz CT molecular complexity index is 458. The molecule has 2 aliphatic rings. The molecule has 1 nitrogen and oxygen atoms in total. The molecule has 0 bridgehead atoms. The van der Waals surface area contributed by atoms with Crippen molar-refractivity contribution in [2.24, 2.45) is 11.8 Å². The Labute approximate surface area is 130 Å². The second kappa shape index (κ2) is 6.52. The molecule has 0 amide bonds. The van der Waals surface area contributed by atoms with Gasteiger partial charge in [0.1, 0.15) is 0 Å². The monoisotopic (exact) mass is 285 g/mol. The fourth-order valence-electron chi connectivity index (χ4n) is 4.23. The van der Waals surface area contributed by atoms with E-state index in [0.29, 0.717) is 0 Å². The highest BCUT2D eigenvalue weighted by Gasteiger charge is 2.28. The molecule has 2 aliphatic carbocycles. The van der Waals surface area contributed by atoms with Crippen LogP contribution in [0.4, 0.5) is 0 Å². The fraction of sp³-hybridized carbons (Fsp3) is 0.700. The Morgan fingerprint density at radius 1 is 1.00 bits per heavy atom. The van der Waals surface area contributed by atoms with Crippen LogP contribution in [0.25, 0.3) is 0 Å². The van der Waals surface area contributed by atoms with Gasteiger partial charge in [0, 0.05) is 6.04 Å². The highest BCUT2D eigenvalue weighted by Crippen LogP contribution is 2.35. The van der Waals surface area contributed by atoms with Crippen LogP contribution in [-0.2, 0) is 6.42 Å². The highest BCUT2D eigenvalue weighted by molar-refractivity contribution is 5.37. The smallest absolute Gasteiger partial charge is 0.00683 e. The largest absolute Gasteiger partial charge is 0.314 e. The second-order valence-corrected chi connectivity index (χ2v) is 7.57. The van der Waals surface area contributed by atoms with E-state index < -0.39 is 0 Å². The first kappa shape index (κ1) is 15.1. The number of hydrogen-bond acceptors (Lipinski definition) is 1. The molecule has 2 saturated carbocycles. The third kappa shape index (κ3) is 3.88. The molecule has 1 heteroatoms. The first-order valence-corrected chi connectivity index (χ1v) is 8.93. The zero-order valence-corrected chi connectivity index (χ0v) is 14.0. The molecule has 1 atom stereocenters. The van der Waals surface area contributed by atoms with Gasteiger partial charge in [-0.1, -0.05) is 43.4 Å². The zero-order valence-electron chi connectivity index (χ0n) is 14.0. The molecule has 0 radical (unpaired) electrons. The molecule has 1 aromatic carbocycles. The maximum absolute atomic E-state index is 3.80. The van der Waals surface area contributed by atoms with Crippen molar-refractivity contribution in [3.05, 3.63) is 34.4 Å². The molecule has 3 rings (SSSR count). The van der Waals surface area contributed by atoms with E-state index in [-0.39, 0.29) is 0 Å². The van der Waals surface area contributed by atoms with E-state index in [1.165, 1.54) is 68.2 Å². The van der Waals surface area contributed by atoms with Crippen LogP contribution in [0.15, 0.2) is 12.1 Å². The molecular weight excluding hydrogens is 254 g/mol. The standard InChI is InChI=1S/C20H31N/c1-14-10-15(2)20(16(3)11-14)12-18(13-21-19-8-9-19)17-6-4-5-7-17/h10-11,17-19,21H,4-9,12-13H2,1-3H3. The van der Waals surface area contributed by atoms with Gasteiger partial charge in [-0.05, 0) is 75.1 Å². The summed E-state index contributed by atoms with van der Waals surface area (Å²) in [7, 11) is 0.